The summed E-state index contributed by atoms with van der Waals surface area (Å²) in [5, 5.41) is 11.0. The van der Waals surface area contributed by atoms with Crippen LogP contribution in [0.2, 0.25) is 0 Å². The fourth-order valence-corrected chi connectivity index (χ4v) is 4.38. The number of halogens is 1. The van der Waals surface area contributed by atoms with Crippen LogP contribution in [0.4, 0.5) is 4.39 Å². The van der Waals surface area contributed by atoms with Crippen LogP contribution in [-0.2, 0) is 14.3 Å². The molecule has 7 heteroatoms. The van der Waals surface area contributed by atoms with Gasteiger partial charge in [0.2, 0.25) is 0 Å². The van der Waals surface area contributed by atoms with Crippen molar-refractivity contribution in [3.05, 3.63) is 76.6 Å². The summed E-state index contributed by atoms with van der Waals surface area (Å²) in [7, 11) is 0. The Hall–Kier alpha value is -3.03. The van der Waals surface area contributed by atoms with Crippen molar-refractivity contribution >= 4 is 17.4 Å². The Morgan fingerprint density at radius 1 is 1.09 bits per heavy atom. The Balaban J connectivity index is 1.66. The maximum Gasteiger partial charge on any atom is 0.295 e. The Bertz CT molecular complexity index is 1010. The predicted molar refractivity (Wildman–Crippen MR) is 118 cm³/mol. The number of carbonyl (C=O) groups is 2. The molecular weight excluding hydrogens is 411 g/mol. The van der Waals surface area contributed by atoms with Crippen molar-refractivity contribution in [3.63, 3.8) is 0 Å². The van der Waals surface area contributed by atoms with Gasteiger partial charge in [-0.2, -0.15) is 0 Å². The van der Waals surface area contributed by atoms with Crippen LogP contribution in [0.25, 0.3) is 5.76 Å². The van der Waals surface area contributed by atoms with E-state index in [9.17, 15) is 19.1 Å². The number of hydrogen-bond acceptors (Lipinski definition) is 4. The molecule has 2 saturated heterocycles. The molecule has 1 unspecified atom stereocenters. The lowest BCUT2D eigenvalue weighted by Crippen LogP contribution is -3.14. The normalized spacial score (nSPS) is 21.3. The molecule has 2 N–H and O–H groups in total. The van der Waals surface area contributed by atoms with Crippen molar-refractivity contribution in [2.75, 3.05) is 39.4 Å². The summed E-state index contributed by atoms with van der Waals surface area (Å²) in [6.07, 6.45) is 0.713. The number of ether oxygens (including phenoxy) is 1. The number of aliphatic hydroxyl groups excluding tert-OH is 1. The molecule has 2 aromatic carbocycles. The zero-order chi connectivity index (χ0) is 22.7. The first-order valence-corrected chi connectivity index (χ1v) is 11.0. The van der Waals surface area contributed by atoms with Gasteiger partial charge in [0.15, 0.2) is 0 Å². The number of nitrogens with one attached hydrogen (secondary N) is 1. The van der Waals surface area contributed by atoms with Gasteiger partial charge in [0.05, 0.1) is 31.4 Å². The van der Waals surface area contributed by atoms with Gasteiger partial charge in [0.1, 0.15) is 24.7 Å². The molecule has 6 nitrogen and oxygen atoms in total. The van der Waals surface area contributed by atoms with Crippen molar-refractivity contribution in [2.24, 2.45) is 0 Å². The smallest absolute Gasteiger partial charge is 0.295 e. The number of likely N-dealkylation sites (tertiary alicyclic amines) is 1. The highest BCUT2D eigenvalue weighted by molar-refractivity contribution is 6.46. The molecule has 4 rings (SSSR count). The van der Waals surface area contributed by atoms with Crippen molar-refractivity contribution in [2.45, 2.75) is 19.4 Å². The van der Waals surface area contributed by atoms with Gasteiger partial charge in [-0.3, -0.25) is 9.59 Å². The fourth-order valence-electron chi connectivity index (χ4n) is 4.38. The second-order valence-corrected chi connectivity index (χ2v) is 8.38. The molecule has 0 saturated carbocycles. The number of rotatable bonds is 6. The third-order valence-electron chi connectivity index (χ3n) is 6.18. The van der Waals surface area contributed by atoms with E-state index in [1.54, 1.807) is 24.3 Å². The Kier molecular flexibility index (Phi) is 6.67. The molecule has 2 aromatic rings. The monoisotopic (exact) mass is 439 g/mol. The van der Waals surface area contributed by atoms with E-state index in [4.69, 9.17) is 4.74 Å². The molecule has 0 radical (unpaired) electrons. The van der Waals surface area contributed by atoms with E-state index in [0.717, 1.165) is 38.4 Å². The summed E-state index contributed by atoms with van der Waals surface area (Å²) in [5.74, 6) is -1.96. The maximum atomic E-state index is 13.6. The lowest BCUT2D eigenvalue weighted by molar-refractivity contribution is -0.908. The number of Topliss-reactive ketones (excluding diaryl/α,β-unsaturated/α-hetero) is 1. The van der Waals surface area contributed by atoms with Crippen LogP contribution >= 0.6 is 0 Å². The molecule has 0 bridgehead atoms. The number of benzene rings is 2. The average molecular weight is 440 g/mol. The molecule has 168 valence electrons. The summed E-state index contributed by atoms with van der Waals surface area (Å²) in [5.41, 5.74) is 2.13. The fraction of sp³-hybridized carbons (Fsp3) is 0.360. The van der Waals surface area contributed by atoms with Crippen LogP contribution < -0.4 is 4.90 Å². The van der Waals surface area contributed by atoms with E-state index >= 15 is 0 Å². The Morgan fingerprint density at radius 3 is 2.41 bits per heavy atom. The van der Waals surface area contributed by atoms with Crippen molar-refractivity contribution < 1.29 is 28.7 Å². The molecule has 1 amide bonds. The predicted octanol–water partition coefficient (Wildman–Crippen LogP) is 1.86. The van der Waals surface area contributed by atoms with Crippen LogP contribution in [0.1, 0.15) is 29.2 Å². The van der Waals surface area contributed by atoms with E-state index in [1.807, 2.05) is 19.1 Å². The minimum absolute atomic E-state index is 0.0455. The topological polar surface area (TPSA) is 71.3 Å². The number of quaternary nitrogens is 1. The molecule has 1 atom stereocenters. The van der Waals surface area contributed by atoms with E-state index < -0.39 is 23.5 Å². The van der Waals surface area contributed by atoms with Gasteiger partial charge in [0.25, 0.3) is 11.7 Å². The first-order valence-electron chi connectivity index (χ1n) is 11.0. The van der Waals surface area contributed by atoms with Gasteiger partial charge in [-0.05, 0) is 24.6 Å². The Labute approximate surface area is 186 Å². The number of hydrogen-bond donors (Lipinski definition) is 2. The van der Waals surface area contributed by atoms with Crippen LogP contribution in [-0.4, -0.2) is 61.1 Å². The highest BCUT2D eigenvalue weighted by Crippen LogP contribution is 2.39. The first-order chi connectivity index (χ1) is 15.5. The molecule has 2 aliphatic heterocycles. The number of ketones is 1. The molecule has 2 heterocycles. The lowest BCUT2D eigenvalue weighted by atomic mass is 9.95. The number of amides is 1. The third-order valence-corrected chi connectivity index (χ3v) is 6.18. The average Bonchev–Trinajstić information content (AvgIpc) is 3.05. The SMILES string of the molecule is Cc1ccc(C(O)=C2C(=O)C(=O)N(CCC[NH+]3CCOCC3)C2c2ccc(F)cc2)cc1. The summed E-state index contributed by atoms with van der Waals surface area (Å²) < 4.78 is 19.0. The zero-order valence-corrected chi connectivity index (χ0v) is 18.1. The molecule has 0 aliphatic carbocycles. The summed E-state index contributed by atoms with van der Waals surface area (Å²) >= 11 is 0. The minimum Gasteiger partial charge on any atom is -0.507 e. The van der Waals surface area contributed by atoms with E-state index in [2.05, 4.69) is 0 Å². The van der Waals surface area contributed by atoms with Crippen molar-refractivity contribution in [1.29, 1.82) is 0 Å². The first kappa shape index (κ1) is 22.2. The van der Waals surface area contributed by atoms with Crippen LogP contribution in [0.5, 0.6) is 0 Å². The summed E-state index contributed by atoms with van der Waals surface area (Å²) in [6, 6.07) is 12.1. The molecule has 2 fully saturated rings. The molecular formula is C25H28FN2O4+. The van der Waals surface area contributed by atoms with Gasteiger partial charge in [-0.25, -0.2) is 4.39 Å². The van der Waals surface area contributed by atoms with Crippen molar-refractivity contribution in [3.8, 4) is 0 Å². The molecule has 32 heavy (non-hydrogen) atoms. The largest absolute Gasteiger partial charge is 0.507 e. The maximum absolute atomic E-state index is 13.6. The highest BCUT2D eigenvalue weighted by atomic mass is 19.1. The Morgan fingerprint density at radius 2 is 1.75 bits per heavy atom. The van der Waals surface area contributed by atoms with Crippen LogP contribution in [0, 0.1) is 12.7 Å². The zero-order valence-electron chi connectivity index (χ0n) is 18.1. The van der Waals surface area contributed by atoms with Gasteiger partial charge in [-0.1, -0.05) is 42.0 Å². The van der Waals surface area contributed by atoms with Crippen LogP contribution in [0.3, 0.4) is 0 Å². The highest BCUT2D eigenvalue weighted by Gasteiger charge is 2.45. The molecule has 0 spiro atoms. The molecule has 2 aliphatic rings. The van der Waals surface area contributed by atoms with Gasteiger partial charge < -0.3 is 19.6 Å². The summed E-state index contributed by atoms with van der Waals surface area (Å²) in [4.78, 5) is 28.9. The number of nitrogens with zero attached hydrogens (tertiary/aromatic N) is 1. The molecule has 0 aromatic heterocycles. The van der Waals surface area contributed by atoms with Gasteiger partial charge in [0, 0.05) is 18.5 Å². The van der Waals surface area contributed by atoms with E-state index in [0.29, 0.717) is 24.1 Å². The summed E-state index contributed by atoms with van der Waals surface area (Å²) in [6.45, 7) is 6.47. The second kappa shape index (κ2) is 9.63. The number of aryl methyl sites for hydroxylation is 1. The van der Waals surface area contributed by atoms with Gasteiger partial charge >= 0.3 is 0 Å². The number of morpholine rings is 1. The van der Waals surface area contributed by atoms with E-state index in [1.165, 1.54) is 21.9 Å². The van der Waals surface area contributed by atoms with Crippen molar-refractivity contribution in [1.82, 2.24) is 4.90 Å². The lowest BCUT2D eigenvalue weighted by Gasteiger charge is -2.27. The number of aliphatic hydroxyl groups is 1. The number of carbonyl (C=O) groups excluding carboxylic acids is 2. The quantitative estimate of drug-likeness (QED) is 0.410. The van der Waals surface area contributed by atoms with E-state index in [-0.39, 0.29) is 11.3 Å². The second-order valence-electron chi connectivity index (χ2n) is 8.38. The standard InChI is InChI=1S/C25H27FN2O4/c1-17-3-5-19(6-4-17)23(29)21-22(18-7-9-20(26)10-8-18)28(25(31)24(21)30)12-2-11-27-13-15-32-16-14-27/h3-10,22,29H,2,11-16H2,1H3/p+1. The van der Waals surface area contributed by atoms with Gasteiger partial charge in [-0.15, -0.1) is 0 Å². The minimum atomic E-state index is -0.753. The van der Waals surface area contributed by atoms with Crippen LogP contribution in [0.15, 0.2) is 54.1 Å². The third kappa shape index (κ3) is 4.59.